The maximum atomic E-state index is 11.6. The quantitative estimate of drug-likeness (QED) is 0.903. The minimum atomic E-state index is -0.665. The summed E-state index contributed by atoms with van der Waals surface area (Å²) >= 11 is 0. The van der Waals surface area contributed by atoms with Gasteiger partial charge < -0.3 is 5.11 Å². The van der Waals surface area contributed by atoms with Gasteiger partial charge in [0.1, 0.15) is 0 Å². The van der Waals surface area contributed by atoms with Gasteiger partial charge in [-0.15, -0.1) is 0 Å². The molecule has 1 aliphatic rings. The Labute approximate surface area is 114 Å². The molecular formula is C14H23N3O2. The van der Waals surface area contributed by atoms with Gasteiger partial charge >= 0.3 is 5.97 Å². The minimum absolute atomic E-state index is 0.147. The maximum Gasteiger partial charge on any atom is 0.311 e. The van der Waals surface area contributed by atoms with E-state index in [1.807, 2.05) is 31.6 Å². The van der Waals surface area contributed by atoms with Gasteiger partial charge in [0.2, 0.25) is 0 Å². The Bertz CT molecular complexity index is 469. The molecule has 0 aromatic carbocycles. The predicted molar refractivity (Wildman–Crippen MR) is 72.7 cm³/mol. The van der Waals surface area contributed by atoms with Gasteiger partial charge in [-0.3, -0.25) is 14.4 Å². The van der Waals surface area contributed by atoms with Gasteiger partial charge in [0.15, 0.2) is 0 Å². The summed E-state index contributed by atoms with van der Waals surface area (Å²) in [5.74, 6) is -0.518. The molecule has 0 bridgehead atoms. The molecule has 0 saturated carbocycles. The van der Waals surface area contributed by atoms with E-state index in [0.717, 1.165) is 18.7 Å². The van der Waals surface area contributed by atoms with Crippen LogP contribution >= 0.6 is 0 Å². The first-order chi connectivity index (χ1) is 8.88. The van der Waals surface area contributed by atoms with E-state index in [1.54, 1.807) is 6.20 Å². The lowest BCUT2D eigenvalue weighted by Gasteiger charge is -2.30. The summed E-state index contributed by atoms with van der Waals surface area (Å²) in [7, 11) is 1.93. The Morgan fingerprint density at radius 3 is 2.58 bits per heavy atom. The van der Waals surface area contributed by atoms with E-state index < -0.39 is 11.4 Å². The van der Waals surface area contributed by atoms with Crippen LogP contribution in [0.4, 0.5) is 0 Å². The molecule has 1 aliphatic heterocycles. The molecule has 0 spiro atoms. The van der Waals surface area contributed by atoms with Crippen LogP contribution in [-0.2, 0) is 11.8 Å². The summed E-state index contributed by atoms with van der Waals surface area (Å²) < 4.78 is 1.86. The van der Waals surface area contributed by atoms with Crippen molar-refractivity contribution in [3.05, 3.63) is 18.0 Å². The number of carbonyl (C=O) groups is 1. The average molecular weight is 265 g/mol. The predicted octanol–water partition coefficient (Wildman–Crippen LogP) is 1.91. The molecule has 19 heavy (non-hydrogen) atoms. The topological polar surface area (TPSA) is 58.4 Å². The SMILES string of the molecule is CC(c1ccnn1C)N1CCC(C(=O)O)(C(C)C)C1. The average Bonchev–Trinajstić information content (AvgIpc) is 2.94. The van der Waals surface area contributed by atoms with Gasteiger partial charge in [0, 0.05) is 25.8 Å². The van der Waals surface area contributed by atoms with E-state index in [-0.39, 0.29) is 12.0 Å². The standard InChI is InChI=1S/C14H23N3O2/c1-10(2)14(13(18)19)6-8-17(9-14)11(3)12-5-7-15-16(12)4/h5,7,10-11H,6,8-9H2,1-4H3,(H,18,19). The van der Waals surface area contributed by atoms with E-state index in [9.17, 15) is 9.90 Å². The number of carboxylic acids is 1. The molecule has 1 saturated heterocycles. The number of hydrogen-bond acceptors (Lipinski definition) is 3. The molecule has 2 heterocycles. The molecule has 1 N–H and O–H groups in total. The number of nitrogens with zero attached hydrogens (tertiary/aromatic N) is 3. The number of carboxylic acid groups (broad SMARTS) is 1. The Kier molecular flexibility index (Phi) is 3.67. The second kappa shape index (κ2) is 4.96. The fourth-order valence-corrected chi connectivity index (χ4v) is 3.07. The highest BCUT2D eigenvalue weighted by atomic mass is 16.4. The van der Waals surface area contributed by atoms with E-state index in [0.29, 0.717) is 6.54 Å². The number of rotatable bonds is 4. The van der Waals surface area contributed by atoms with Crippen molar-refractivity contribution in [3.8, 4) is 0 Å². The van der Waals surface area contributed by atoms with Crippen molar-refractivity contribution in [1.82, 2.24) is 14.7 Å². The number of aromatic nitrogens is 2. The lowest BCUT2D eigenvalue weighted by atomic mass is 9.76. The van der Waals surface area contributed by atoms with Crippen LogP contribution in [0.25, 0.3) is 0 Å². The zero-order chi connectivity index (χ0) is 14.2. The lowest BCUT2D eigenvalue weighted by molar-refractivity contribution is -0.151. The minimum Gasteiger partial charge on any atom is -0.481 e. The second-order valence-corrected chi connectivity index (χ2v) is 5.89. The van der Waals surface area contributed by atoms with Crippen LogP contribution in [-0.4, -0.2) is 38.8 Å². The molecule has 0 aliphatic carbocycles. The summed E-state index contributed by atoms with van der Waals surface area (Å²) in [5.41, 5.74) is 0.525. The summed E-state index contributed by atoms with van der Waals surface area (Å²) in [5, 5.41) is 13.8. The zero-order valence-corrected chi connectivity index (χ0v) is 12.1. The second-order valence-electron chi connectivity index (χ2n) is 5.89. The fourth-order valence-electron chi connectivity index (χ4n) is 3.07. The Morgan fingerprint density at radius 1 is 1.47 bits per heavy atom. The molecule has 2 atom stereocenters. The van der Waals surface area contributed by atoms with Crippen LogP contribution in [0.15, 0.2) is 12.3 Å². The van der Waals surface area contributed by atoms with Gasteiger partial charge in [0.05, 0.1) is 11.1 Å². The van der Waals surface area contributed by atoms with Gasteiger partial charge in [-0.05, 0) is 31.9 Å². The van der Waals surface area contributed by atoms with Crippen LogP contribution in [0.2, 0.25) is 0 Å². The normalized spacial score (nSPS) is 25.9. The number of likely N-dealkylation sites (tertiary alicyclic amines) is 1. The van der Waals surface area contributed by atoms with Crippen LogP contribution in [0.3, 0.4) is 0 Å². The van der Waals surface area contributed by atoms with Crippen LogP contribution < -0.4 is 0 Å². The van der Waals surface area contributed by atoms with Crippen molar-refractivity contribution < 1.29 is 9.90 Å². The highest BCUT2D eigenvalue weighted by molar-refractivity contribution is 5.75. The van der Waals surface area contributed by atoms with Gasteiger partial charge in [-0.25, -0.2) is 0 Å². The van der Waals surface area contributed by atoms with Crippen LogP contribution in [0.5, 0.6) is 0 Å². The number of hydrogen-bond donors (Lipinski definition) is 1. The van der Waals surface area contributed by atoms with Crippen molar-refractivity contribution in [3.63, 3.8) is 0 Å². The third kappa shape index (κ3) is 2.27. The smallest absolute Gasteiger partial charge is 0.311 e. The fraction of sp³-hybridized carbons (Fsp3) is 0.714. The first-order valence-corrected chi connectivity index (χ1v) is 6.84. The highest BCUT2D eigenvalue weighted by Gasteiger charge is 2.48. The van der Waals surface area contributed by atoms with Crippen molar-refractivity contribution in [1.29, 1.82) is 0 Å². The first-order valence-electron chi connectivity index (χ1n) is 6.84. The van der Waals surface area contributed by atoms with Crippen molar-refractivity contribution in [2.45, 2.75) is 33.2 Å². The highest BCUT2D eigenvalue weighted by Crippen LogP contribution is 2.41. The molecule has 1 aromatic rings. The maximum absolute atomic E-state index is 11.6. The molecule has 2 unspecified atom stereocenters. The molecule has 5 heteroatoms. The monoisotopic (exact) mass is 265 g/mol. The molecular weight excluding hydrogens is 242 g/mol. The molecule has 1 aromatic heterocycles. The summed E-state index contributed by atoms with van der Waals surface area (Å²) in [6.45, 7) is 7.58. The van der Waals surface area contributed by atoms with Crippen LogP contribution in [0.1, 0.15) is 38.9 Å². The summed E-state index contributed by atoms with van der Waals surface area (Å²) in [6.07, 6.45) is 2.51. The Morgan fingerprint density at radius 2 is 2.16 bits per heavy atom. The van der Waals surface area contributed by atoms with Crippen LogP contribution in [0, 0.1) is 11.3 Å². The zero-order valence-electron chi connectivity index (χ0n) is 12.1. The molecule has 2 rings (SSSR count). The first kappa shape index (κ1) is 14.1. The van der Waals surface area contributed by atoms with Crippen molar-refractivity contribution >= 4 is 5.97 Å². The van der Waals surface area contributed by atoms with Crippen molar-refractivity contribution in [2.75, 3.05) is 13.1 Å². The van der Waals surface area contributed by atoms with Gasteiger partial charge in [-0.1, -0.05) is 13.8 Å². The van der Waals surface area contributed by atoms with Gasteiger partial charge in [0.25, 0.3) is 0 Å². The lowest BCUT2D eigenvalue weighted by Crippen LogP contribution is -2.39. The molecule has 106 valence electrons. The third-order valence-electron chi connectivity index (χ3n) is 4.70. The third-order valence-corrected chi connectivity index (χ3v) is 4.70. The van der Waals surface area contributed by atoms with E-state index in [2.05, 4.69) is 16.9 Å². The van der Waals surface area contributed by atoms with E-state index in [4.69, 9.17) is 0 Å². The molecule has 0 radical (unpaired) electrons. The largest absolute Gasteiger partial charge is 0.481 e. The molecule has 0 amide bonds. The Hall–Kier alpha value is -1.36. The van der Waals surface area contributed by atoms with E-state index in [1.165, 1.54) is 0 Å². The summed E-state index contributed by atoms with van der Waals surface area (Å²) in [6, 6.07) is 2.20. The number of aliphatic carboxylic acids is 1. The van der Waals surface area contributed by atoms with Crippen molar-refractivity contribution in [2.24, 2.45) is 18.4 Å². The molecule has 5 nitrogen and oxygen atoms in total. The number of aryl methyl sites for hydroxylation is 1. The van der Waals surface area contributed by atoms with E-state index >= 15 is 0 Å². The Balaban J connectivity index is 2.18. The van der Waals surface area contributed by atoms with Gasteiger partial charge in [-0.2, -0.15) is 5.10 Å². The molecule has 1 fully saturated rings. The summed E-state index contributed by atoms with van der Waals surface area (Å²) in [4.78, 5) is 13.9.